The molecule has 1 N–H and O–H groups in total. The number of hydrogen-bond acceptors (Lipinski definition) is 4. The molecule has 0 atom stereocenters. The summed E-state index contributed by atoms with van der Waals surface area (Å²) in [5.74, 6) is 1.01. The monoisotopic (exact) mass is 617 g/mol. The SMILES string of the molecule is CCCCCCCCCCOc1cc(C=CC(=O)O)cc(OCCCCCCCCCC)c1OCCCCCCCCCC. The Hall–Kier alpha value is -2.17. The van der Waals surface area contributed by atoms with Gasteiger partial charge in [-0.05, 0) is 43.0 Å². The summed E-state index contributed by atoms with van der Waals surface area (Å²) in [6.07, 6.45) is 32.7. The van der Waals surface area contributed by atoms with Gasteiger partial charge < -0.3 is 19.3 Å². The van der Waals surface area contributed by atoms with Crippen molar-refractivity contribution < 1.29 is 24.1 Å². The average Bonchev–Trinajstić information content (AvgIpc) is 3.02. The number of rotatable bonds is 32. The lowest BCUT2D eigenvalue weighted by molar-refractivity contribution is -0.131. The van der Waals surface area contributed by atoms with Crippen molar-refractivity contribution >= 4 is 12.0 Å². The highest BCUT2D eigenvalue weighted by molar-refractivity contribution is 5.85. The fourth-order valence-corrected chi connectivity index (χ4v) is 5.46. The summed E-state index contributed by atoms with van der Waals surface area (Å²) in [5, 5.41) is 9.23. The van der Waals surface area contributed by atoms with Crippen LogP contribution >= 0.6 is 0 Å². The Labute approximate surface area is 271 Å². The van der Waals surface area contributed by atoms with Crippen LogP contribution in [0.1, 0.15) is 180 Å². The quantitative estimate of drug-likeness (QED) is 0.0644. The van der Waals surface area contributed by atoms with Crippen molar-refractivity contribution in [1.29, 1.82) is 0 Å². The molecule has 0 heterocycles. The van der Waals surface area contributed by atoms with Crippen LogP contribution < -0.4 is 14.2 Å². The first-order chi connectivity index (χ1) is 21.6. The molecule has 254 valence electrons. The maximum absolute atomic E-state index is 11.2. The Bertz CT molecular complexity index is 791. The number of carboxylic acid groups (broad SMARTS) is 1. The van der Waals surface area contributed by atoms with Gasteiger partial charge in [0.2, 0.25) is 5.75 Å². The van der Waals surface area contributed by atoms with Crippen molar-refractivity contribution in [3.63, 3.8) is 0 Å². The van der Waals surface area contributed by atoms with Crippen molar-refractivity contribution in [3.05, 3.63) is 23.8 Å². The first-order valence-electron chi connectivity index (χ1n) is 18.6. The number of benzene rings is 1. The second-order valence-corrected chi connectivity index (χ2v) is 12.5. The van der Waals surface area contributed by atoms with Gasteiger partial charge in [-0.25, -0.2) is 4.79 Å². The van der Waals surface area contributed by atoms with Crippen LogP contribution in [0.2, 0.25) is 0 Å². The summed E-state index contributed by atoms with van der Waals surface area (Å²) in [5.41, 5.74) is 0.753. The van der Waals surface area contributed by atoms with Crippen LogP contribution in [0.15, 0.2) is 18.2 Å². The van der Waals surface area contributed by atoms with Crippen molar-refractivity contribution in [2.75, 3.05) is 19.8 Å². The molecule has 5 nitrogen and oxygen atoms in total. The van der Waals surface area contributed by atoms with E-state index in [1.807, 2.05) is 12.1 Å². The summed E-state index contributed by atoms with van der Waals surface area (Å²) in [6.45, 7) is 8.63. The fraction of sp³-hybridized carbons (Fsp3) is 0.769. The van der Waals surface area contributed by atoms with Gasteiger partial charge in [0.25, 0.3) is 0 Å². The normalized spacial score (nSPS) is 11.3. The Balaban J connectivity index is 2.80. The molecule has 1 aromatic carbocycles. The summed E-state index contributed by atoms with van der Waals surface area (Å²) < 4.78 is 19.0. The highest BCUT2D eigenvalue weighted by atomic mass is 16.5. The van der Waals surface area contributed by atoms with E-state index in [2.05, 4.69) is 20.8 Å². The molecular formula is C39H68O5. The number of carbonyl (C=O) groups is 1. The number of carboxylic acids is 1. The van der Waals surface area contributed by atoms with Gasteiger partial charge in [-0.2, -0.15) is 0 Å². The smallest absolute Gasteiger partial charge is 0.328 e. The number of hydrogen-bond donors (Lipinski definition) is 1. The first-order valence-corrected chi connectivity index (χ1v) is 18.6. The zero-order chi connectivity index (χ0) is 31.9. The minimum atomic E-state index is -0.970. The molecule has 0 saturated carbocycles. The molecule has 5 heteroatoms. The second kappa shape index (κ2) is 29.5. The van der Waals surface area contributed by atoms with E-state index >= 15 is 0 Å². The van der Waals surface area contributed by atoms with Gasteiger partial charge in [-0.3, -0.25) is 0 Å². The predicted molar refractivity (Wildman–Crippen MR) is 187 cm³/mol. The van der Waals surface area contributed by atoms with Crippen LogP contribution in [0.5, 0.6) is 17.2 Å². The van der Waals surface area contributed by atoms with Crippen molar-refractivity contribution in [2.24, 2.45) is 0 Å². The van der Waals surface area contributed by atoms with E-state index in [4.69, 9.17) is 14.2 Å². The number of unbranched alkanes of at least 4 members (excludes halogenated alkanes) is 21. The maximum atomic E-state index is 11.2. The summed E-state index contributed by atoms with van der Waals surface area (Å²) in [4.78, 5) is 11.2. The van der Waals surface area contributed by atoms with Gasteiger partial charge in [0, 0.05) is 6.08 Å². The molecule has 0 aliphatic rings. The van der Waals surface area contributed by atoms with E-state index in [1.54, 1.807) is 6.08 Å². The lowest BCUT2D eigenvalue weighted by Crippen LogP contribution is -2.07. The fourth-order valence-electron chi connectivity index (χ4n) is 5.46. The molecule has 0 unspecified atom stereocenters. The first kappa shape index (κ1) is 39.9. The highest BCUT2D eigenvalue weighted by Gasteiger charge is 2.16. The Morgan fingerprint density at radius 3 is 1.18 bits per heavy atom. The van der Waals surface area contributed by atoms with Crippen molar-refractivity contribution in [2.45, 2.75) is 175 Å². The number of aliphatic carboxylic acids is 1. The molecule has 0 bridgehead atoms. The minimum Gasteiger partial charge on any atom is -0.490 e. The van der Waals surface area contributed by atoms with Crippen molar-refractivity contribution in [3.8, 4) is 17.2 Å². The number of ether oxygens (including phenoxy) is 3. The van der Waals surface area contributed by atoms with Gasteiger partial charge in [-0.1, -0.05) is 156 Å². The van der Waals surface area contributed by atoms with E-state index in [0.29, 0.717) is 37.1 Å². The Kier molecular flexibility index (Phi) is 26.8. The molecule has 0 amide bonds. The molecule has 0 fully saturated rings. The molecule has 1 aromatic rings. The van der Waals surface area contributed by atoms with Crippen LogP contribution in [-0.4, -0.2) is 30.9 Å². The van der Waals surface area contributed by atoms with Crippen LogP contribution in [0, 0.1) is 0 Å². The molecule has 1 rings (SSSR count). The Morgan fingerprint density at radius 2 is 0.841 bits per heavy atom. The summed E-state index contributed by atoms with van der Waals surface area (Å²) in [6, 6.07) is 3.80. The van der Waals surface area contributed by atoms with Crippen LogP contribution in [0.25, 0.3) is 6.08 Å². The van der Waals surface area contributed by atoms with Gasteiger partial charge >= 0.3 is 5.97 Å². The minimum absolute atomic E-state index is 0.618. The summed E-state index contributed by atoms with van der Waals surface area (Å²) >= 11 is 0. The van der Waals surface area contributed by atoms with Gasteiger partial charge in [0.1, 0.15) is 0 Å². The molecule has 0 aliphatic carbocycles. The lowest BCUT2D eigenvalue weighted by atomic mass is 10.1. The third-order valence-electron chi connectivity index (χ3n) is 8.22. The summed E-state index contributed by atoms with van der Waals surface area (Å²) in [7, 11) is 0. The predicted octanol–water partition coefficient (Wildman–Crippen LogP) is 12.3. The highest BCUT2D eigenvalue weighted by Crippen LogP contribution is 2.40. The van der Waals surface area contributed by atoms with Crippen LogP contribution in [0.4, 0.5) is 0 Å². The zero-order valence-corrected chi connectivity index (χ0v) is 29.0. The molecule has 0 aliphatic heterocycles. The zero-order valence-electron chi connectivity index (χ0n) is 29.0. The third-order valence-corrected chi connectivity index (χ3v) is 8.22. The third kappa shape index (κ3) is 22.4. The average molecular weight is 617 g/mol. The largest absolute Gasteiger partial charge is 0.490 e. The molecule has 0 spiro atoms. The van der Waals surface area contributed by atoms with E-state index in [1.165, 1.54) is 122 Å². The van der Waals surface area contributed by atoms with E-state index in [0.717, 1.165) is 44.1 Å². The molecule has 0 aromatic heterocycles. The van der Waals surface area contributed by atoms with Gasteiger partial charge in [0.05, 0.1) is 19.8 Å². The van der Waals surface area contributed by atoms with E-state index < -0.39 is 5.97 Å². The molecule has 0 saturated heterocycles. The van der Waals surface area contributed by atoms with Crippen LogP contribution in [-0.2, 0) is 4.79 Å². The lowest BCUT2D eigenvalue weighted by Gasteiger charge is -2.18. The molecule has 0 radical (unpaired) electrons. The maximum Gasteiger partial charge on any atom is 0.328 e. The standard InChI is InChI=1S/C39H68O5/c1-4-7-10-13-16-19-22-25-30-42-36-33-35(28-29-38(40)41)34-37(43-31-26-23-20-17-14-11-8-5-2)39(36)44-32-27-24-21-18-15-12-9-6-3/h28-29,33-34H,4-27,30-32H2,1-3H3,(H,40,41). The van der Waals surface area contributed by atoms with Gasteiger partial charge in [0.15, 0.2) is 11.5 Å². The van der Waals surface area contributed by atoms with E-state index in [-0.39, 0.29) is 0 Å². The van der Waals surface area contributed by atoms with Crippen LogP contribution in [0.3, 0.4) is 0 Å². The van der Waals surface area contributed by atoms with Crippen molar-refractivity contribution in [1.82, 2.24) is 0 Å². The second-order valence-electron chi connectivity index (χ2n) is 12.5. The Morgan fingerprint density at radius 1 is 0.523 bits per heavy atom. The van der Waals surface area contributed by atoms with E-state index in [9.17, 15) is 9.90 Å². The molecular weight excluding hydrogens is 548 g/mol. The molecule has 44 heavy (non-hydrogen) atoms. The van der Waals surface area contributed by atoms with Gasteiger partial charge in [-0.15, -0.1) is 0 Å². The topological polar surface area (TPSA) is 65.0 Å².